The second-order valence-electron chi connectivity index (χ2n) is 4.13. The number of nitrogens with one attached hydrogen (secondary N) is 2. The fraction of sp³-hybridized carbons (Fsp3) is 0.364. The minimum Gasteiger partial charge on any atom is -0.326 e. The Balaban J connectivity index is 0.00000441. The van der Waals surface area contributed by atoms with Crippen molar-refractivity contribution in [2.45, 2.75) is 12.7 Å². The highest BCUT2D eigenvalue weighted by Gasteiger charge is 2.31. The molecular weight excluding hydrogens is 347 g/mol. The normalized spacial score (nSPS) is 11.7. The lowest BCUT2D eigenvalue weighted by atomic mass is 10.1. The quantitative estimate of drug-likeness (QED) is 0.730. The molecule has 0 aromatic heterocycles. The van der Waals surface area contributed by atoms with E-state index in [2.05, 4.69) is 5.32 Å². The molecule has 0 aliphatic heterocycles. The molecule has 0 unspecified atom stereocenters. The highest BCUT2D eigenvalue weighted by Crippen LogP contribution is 2.31. The van der Waals surface area contributed by atoms with Gasteiger partial charge in [-0.25, -0.2) is 13.1 Å². The minimum atomic E-state index is -4.60. The molecule has 0 saturated heterocycles. The predicted octanol–water partition coefficient (Wildman–Crippen LogP) is 1.07. The van der Waals surface area contributed by atoms with Gasteiger partial charge in [0, 0.05) is 12.2 Å². The van der Waals surface area contributed by atoms with E-state index in [0.29, 0.717) is 6.07 Å². The van der Waals surface area contributed by atoms with Crippen LogP contribution in [0.3, 0.4) is 0 Å². The van der Waals surface area contributed by atoms with E-state index in [-0.39, 0.29) is 30.2 Å². The maximum Gasteiger partial charge on any atom is 0.416 e. The summed E-state index contributed by atoms with van der Waals surface area (Å²) in [5, 5.41) is 2.11. The van der Waals surface area contributed by atoms with Gasteiger partial charge in [-0.3, -0.25) is 4.79 Å². The number of alkyl halides is 3. The maximum atomic E-state index is 12.7. The van der Waals surface area contributed by atoms with Crippen molar-refractivity contribution in [1.29, 1.82) is 0 Å². The van der Waals surface area contributed by atoms with Crippen LogP contribution < -0.4 is 15.8 Å². The number of amides is 1. The van der Waals surface area contributed by atoms with E-state index in [9.17, 15) is 26.4 Å². The molecule has 0 fully saturated rings. The fourth-order valence-corrected chi connectivity index (χ4v) is 2.05. The summed E-state index contributed by atoms with van der Waals surface area (Å²) in [6.07, 6.45) is -4.60. The summed E-state index contributed by atoms with van der Waals surface area (Å²) in [5.74, 6) is -1.84. The zero-order valence-corrected chi connectivity index (χ0v) is 13.0. The van der Waals surface area contributed by atoms with Crippen molar-refractivity contribution in [3.63, 3.8) is 0 Å². The molecule has 1 rings (SSSR count). The smallest absolute Gasteiger partial charge is 0.326 e. The lowest BCUT2D eigenvalue weighted by molar-refractivity contribution is -0.137. The Morgan fingerprint density at radius 2 is 1.86 bits per heavy atom. The van der Waals surface area contributed by atoms with Crippen LogP contribution in [0.5, 0.6) is 0 Å². The Morgan fingerprint density at radius 3 is 2.32 bits per heavy atom. The third kappa shape index (κ3) is 6.18. The predicted molar refractivity (Wildman–Crippen MR) is 78.1 cm³/mol. The van der Waals surface area contributed by atoms with E-state index < -0.39 is 33.4 Å². The minimum absolute atomic E-state index is 0. The number of hydrogen-bond acceptors (Lipinski definition) is 4. The van der Waals surface area contributed by atoms with Gasteiger partial charge in [-0.05, 0) is 30.8 Å². The van der Waals surface area contributed by atoms with Crippen LogP contribution in [0, 0.1) is 0 Å². The maximum absolute atomic E-state index is 12.7. The van der Waals surface area contributed by atoms with Crippen LogP contribution in [-0.2, 0) is 27.5 Å². The Hall–Kier alpha value is -1.36. The number of anilines is 1. The first kappa shape index (κ1) is 20.6. The average Bonchev–Trinajstić information content (AvgIpc) is 2.36. The number of carbonyl (C=O) groups excluding carboxylic acids is 1. The topological polar surface area (TPSA) is 101 Å². The van der Waals surface area contributed by atoms with Gasteiger partial charge < -0.3 is 11.1 Å². The number of sulfonamides is 1. The molecule has 0 bridgehead atoms. The zero-order chi connectivity index (χ0) is 16.3. The molecule has 0 aliphatic carbocycles. The van der Waals surface area contributed by atoms with E-state index in [1.807, 2.05) is 4.72 Å². The highest BCUT2D eigenvalue weighted by molar-refractivity contribution is 7.90. The molecule has 126 valence electrons. The molecule has 0 radical (unpaired) electrons. The van der Waals surface area contributed by atoms with E-state index in [0.717, 1.165) is 13.1 Å². The van der Waals surface area contributed by atoms with Gasteiger partial charge in [-0.2, -0.15) is 13.2 Å². The third-order valence-corrected chi connectivity index (χ3v) is 3.74. The van der Waals surface area contributed by atoms with E-state index in [1.165, 1.54) is 6.07 Å². The van der Waals surface area contributed by atoms with Gasteiger partial charge in [0.1, 0.15) is 5.75 Å². The monoisotopic (exact) mass is 361 g/mol. The van der Waals surface area contributed by atoms with Gasteiger partial charge in [-0.15, -0.1) is 12.4 Å². The molecule has 11 heteroatoms. The molecule has 1 aromatic rings. The average molecular weight is 362 g/mol. The second-order valence-corrected chi connectivity index (χ2v) is 6.06. The van der Waals surface area contributed by atoms with E-state index >= 15 is 0 Å². The van der Waals surface area contributed by atoms with Gasteiger partial charge in [0.15, 0.2) is 0 Å². The number of benzene rings is 1. The van der Waals surface area contributed by atoms with Gasteiger partial charge in [-0.1, -0.05) is 0 Å². The summed E-state index contributed by atoms with van der Waals surface area (Å²) in [7, 11) is -2.68. The van der Waals surface area contributed by atoms with Crippen molar-refractivity contribution >= 4 is 34.0 Å². The van der Waals surface area contributed by atoms with Gasteiger partial charge >= 0.3 is 6.18 Å². The van der Waals surface area contributed by atoms with Crippen LogP contribution in [0.1, 0.15) is 11.1 Å². The molecule has 0 atom stereocenters. The molecule has 0 heterocycles. The lowest BCUT2D eigenvalue weighted by Crippen LogP contribution is -2.30. The molecule has 0 spiro atoms. The summed E-state index contributed by atoms with van der Waals surface area (Å²) >= 11 is 0. The lowest BCUT2D eigenvalue weighted by Gasteiger charge is -2.12. The molecule has 6 nitrogen and oxygen atoms in total. The molecule has 22 heavy (non-hydrogen) atoms. The Labute approximate surface area is 131 Å². The summed E-state index contributed by atoms with van der Waals surface area (Å²) < 4.78 is 62.3. The zero-order valence-electron chi connectivity index (χ0n) is 11.4. The Morgan fingerprint density at radius 1 is 1.27 bits per heavy atom. The van der Waals surface area contributed by atoms with E-state index in [1.54, 1.807) is 0 Å². The van der Waals surface area contributed by atoms with Crippen molar-refractivity contribution in [3.8, 4) is 0 Å². The summed E-state index contributed by atoms with van der Waals surface area (Å²) in [4.78, 5) is 11.5. The largest absolute Gasteiger partial charge is 0.416 e. The van der Waals surface area contributed by atoms with Crippen LogP contribution in [0.25, 0.3) is 0 Å². The number of rotatable bonds is 5. The summed E-state index contributed by atoms with van der Waals surface area (Å²) in [6, 6.07) is 2.82. The first-order chi connectivity index (χ1) is 9.57. The van der Waals surface area contributed by atoms with Crippen LogP contribution in [-0.4, -0.2) is 27.1 Å². The number of hydrogen-bond donors (Lipinski definition) is 3. The second kappa shape index (κ2) is 7.77. The molecule has 1 aromatic carbocycles. The SMILES string of the molecule is CNS(=O)(=O)CC(=O)Nc1cc(CN)cc(C(F)(F)F)c1.Cl. The van der Waals surface area contributed by atoms with Crippen LogP contribution in [0.4, 0.5) is 18.9 Å². The van der Waals surface area contributed by atoms with Crippen molar-refractivity contribution in [2.75, 3.05) is 18.1 Å². The standard InChI is InChI=1S/C11H14F3N3O3S.ClH/c1-16-21(19,20)6-10(18)17-9-3-7(5-15)2-8(4-9)11(12,13)14;/h2-4,16H,5-6,15H2,1H3,(H,17,18);1H. The Bertz CT molecular complexity index is 635. The Kier molecular flexibility index (Phi) is 7.29. The van der Waals surface area contributed by atoms with Crippen LogP contribution >= 0.6 is 12.4 Å². The number of nitrogens with two attached hydrogens (primary N) is 1. The fourth-order valence-electron chi connectivity index (χ4n) is 1.49. The van der Waals surface area contributed by atoms with Crippen molar-refractivity contribution in [3.05, 3.63) is 29.3 Å². The highest BCUT2D eigenvalue weighted by atomic mass is 35.5. The first-order valence-electron chi connectivity index (χ1n) is 5.69. The molecule has 4 N–H and O–H groups in total. The molecular formula is C11H15ClF3N3O3S. The number of halogens is 4. The third-order valence-electron chi connectivity index (χ3n) is 2.47. The van der Waals surface area contributed by atoms with Gasteiger partial charge in [0.05, 0.1) is 5.56 Å². The van der Waals surface area contributed by atoms with Crippen LogP contribution in [0.15, 0.2) is 18.2 Å². The van der Waals surface area contributed by atoms with Crippen molar-refractivity contribution in [1.82, 2.24) is 4.72 Å². The molecule has 0 aliphatic rings. The van der Waals surface area contributed by atoms with E-state index in [4.69, 9.17) is 5.73 Å². The van der Waals surface area contributed by atoms with Gasteiger partial charge in [0.25, 0.3) is 0 Å². The molecule has 0 saturated carbocycles. The van der Waals surface area contributed by atoms with Crippen molar-refractivity contribution < 1.29 is 26.4 Å². The summed E-state index contributed by atoms with van der Waals surface area (Å²) in [5.41, 5.74) is 4.32. The molecule has 1 amide bonds. The van der Waals surface area contributed by atoms with Gasteiger partial charge in [0.2, 0.25) is 15.9 Å². The van der Waals surface area contributed by atoms with Crippen LogP contribution in [0.2, 0.25) is 0 Å². The van der Waals surface area contributed by atoms with Crippen molar-refractivity contribution in [2.24, 2.45) is 5.73 Å². The summed E-state index contributed by atoms with van der Waals surface area (Å²) in [6.45, 7) is -0.151. The first-order valence-corrected chi connectivity index (χ1v) is 7.35. The number of carbonyl (C=O) groups is 1.